The molecule has 2 aromatic carbocycles. The van der Waals surface area contributed by atoms with E-state index in [-0.39, 0.29) is 0 Å². The molecule has 1 heterocycles. The van der Waals surface area contributed by atoms with Crippen LogP contribution in [0.4, 0.5) is 11.4 Å². The molecule has 5 nitrogen and oxygen atoms in total. The number of aliphatic carboxylic acids is 1. The number of hydrogen-bond donors (Lipinski definition) is 3. The summed E-state index contributed by atoms with van der Waals surface area (Å²) >= 11 is 0. The number of hydrogen-bond acceptors (Lipinski definition) is 4. The maximum absolute atomic E-state index is 12.0. The number of nitrogens with one attached hydrogen (secondary N) is 2. The molecule has 1 saturated carbocycles. The van der Waals surface area contributed by atoms with E-state index in [9.17, 15) is 9.90 Å². The molecule has 28 heavy (non-hydrogen) atoms. The molecule has 2 fully saturated rings. The zero-order chi connectivity index (χ0) is 19.4. The van der Waals surface area contributed by atoms with Crippen LogP contribution in [-0.4, -0.2) is 42.8 Å². The Kier molecular flexibility index (Phi) is 5.53. The Morgan fingerprint density at radius 3 is 2.36 bits per heavy atom. The van der Waals surface area contributed by atoms with Gasteiger partial charge in [0.05, 0.1) is 0 Å². The molecule has 0 bridgehead atoms. The highest BCUT2D eigenvalue weighted by Gasteiger charge is 2.39. The number of anilines is 2. The van der Waals surface area contributed by atoms with Gasteiger partial charge in [0.1, 0.15) is 5.54 Å². The minimum absolute atomic E-state index is 0.686. The Labute approximate surface area is 166 Å². The van der Waals surface area contributed by atoms with Gasteiger partial charge in [-0.25, -0.2) is 4.79 Å². The van der Waals surface area contributed by atoms with E-state index in [1.165, 1.54) is 5.69 Å². The molecule has 1 aliphatic heterocycles. The molecule has 0 aromatic heterocycles. The van der Waals surface area contributed by atoms with Gasteiger partial charge in [0.15, 0.2) is 0 Å². The minimum atomic E-state index is -0.830. The summed E-state index contributed by atoms with van der Waals surface area (Å²) in [5.41, 5.74) is 3.56. The Morgan fingerprint density at radius 2 is 1.68 bits per heavy atom. The second-order valence-corrected chi connectivity index (χ2v) is 7.94. The molecule has 0 atom stereocenters. The number of benzene rings is 2. The van der Waals surface area contributed by atoms with Crippen molar-refractivity contribution in [2.24, 2.45) is 0 Å². The predicted octanol–water partition coefficient (Wildman–Crippen LogP) is 3.96. The van der Waals surface area contributed by atoms with Crippen LogP contribution < -0.4 is 15.5 Å². The van der Waals surface area contributed by atoms with E-state index in [0.29, 0.717) is 12.8 Å². The van der Waals surface area contributed by atoms with Crippen LogP contribution in [-0.2, 0) is 4.79 Å². The van der Waals surface area contributed by atoms with Gasteiger partial charge in [0.25, 0.3) is 0 Å². The van der Waals surface area contributed by atoms with E-state index in [1.807, 2.05) is 12.1 Å². The van der Waals surface area contributed by atoms with Crippen molar-refractivity contribution in [1.82, 2.24) is 5.32 Å². The van der Waals surface area contributed by atoms with Crippen LogP contribution in [0.2, 0.25) is 0 Å². The van der Waals surface area contributed by atoms with Crippen LogP contribution in [0.1, 0.15) is 32.1 Å². The zero-order valence-corrected chi connectivity index (χ0v) is 16.3. The Balaban J connectivity index is 1.52. The highest BCUT2D eigenvalue weighted by atomic mass is 16.4. The summed E-state index contributed by atoms with van der Waals surface area (Å²) in [4.78, 5) is 14.4. The molecule has 0 spiro atoms. The fourth-order valence-electron chi connectivity index (χ4n) is 4.39. The molecule has 1 saturated heterocycles. The van der Waals surface area contributed by atoms with Gasteiger partial charge in [0, 0.05) is 37.6 Å². The van der Waals surface area contributed by atoms with Crippen molar-refractivity contribution >= 4 is 17.3 Å². The lowest BCUT2D eigenvalue weighted by atomic mass is 9.81. The number of carbonyl (C=O) groups is 1. The molecule has 0 unspecified atom stereocenters. The third-order valence-corrected chi connectivity index (χ3v) is 6.05. The average Bonchev–Trinajstić information content (AvgIpc) is 2.75. The first-order valence-corrected chi connectivity index (χ1v) is 10.3. The molecule has 4 rings (SSSR count). The summed E-state index contributed by atoms with van der Waals surface area (Å²) in [5, 5.41) is 16.6. The van der Waals surface area contributed by atoms with Gasteiger partial charge in [-0.1, -0.05) is 43.5 Å². The lowest BCUT2D eigenvalue weighted by molar-refractivity contribution is -0.143. The maximum Gasteiger partial charge on any atom is 0.329 e. The van der Waals surface area contributed by atoms with Crippen molar-refractivity contribution in [2.45, 2.75) is 37.6 Å². The number of nitrogens with zero attached hydrogens (tertiary/aromatic N) is 1. The summed E-state index contributed by atoms with van der Waals surface area (Å²) in [7, 11) is 0. The first-order valence-electron chi connectivity index (χ1n) is 10.3. The Bertz CT molecular complexity index is 807. The second-order valence-electron chi connectivity index (χ2n) is 7.94. The quantitative estimate of drug-likeness (QED) is 0.734. The van der Waals surface area contributed by atoms with E-state index in [2.05, 4.69) is 51.9 Å². The smallest absolute Gasteiger partial charge is 0.329 e. The van der Waals surface area contributed by atoms with Gasteiger partial charge < -0.3 is 20.6 Å². The van der Waals surface area contributed by atoms with Crippen molar-refractivity contribution in [3.63, 3.8) is 0 Å². The SMILES string of the molecule is O=C(O)C1(Nc2cccc(-c3ccc(N4CCNCC4)cc3)c2)CCCCC1. The highest BCUT2D eigenvalue weighted by Crippen LogP contribution is 2.33. The third-order valence-electron chi connectivity index (χ3n) is 6.05. The summed E-state index contributed by atoms with van der Waals surface area (Å²) in [5.74, 6) is -0.738. The molecule has 0 amide bonds. The van der Waals surface area contributed by atoms with Gasteiger partial charge in [-0.05, 0) is 48.2 Å². The Morgan fingerprint density at radius 1 is 0.964 bits per heavy atom. The van der Waals surface area contributed by atoms with E-state index >= 15 is 0 Å². The van der Waals surface area contributed by atoms with Crippen LogP contribution in [0, 0.1) is 0 Å². The van der Waals surface area contributed by atoms with Crippen LogP contribution in [0.3, 0.4) is 0 Å². The predicted molar refractivity (Wildman–Crippen MR) is 114 cm³/mol. The van der Waals surface area contributed by atoms with Gasteiger partial charge in [-0.3, -0.25) is 0 Å². The molecule has 1 aliphatic carbocycles. The van der Waals surface area contributed by atoms with Gasteiger partial charge in [-0.15, -0.1) is 0 Å². The average molecular weight is 380 g/mol. The highest BCUT2D eigenvalue weighted by molar-refractivity contribution is 5.83. The molecule has 5 heteroatoms. The summed E-state index contributed by atoms with van der Waals surface area (Å²) < 4.78 is 0. The Hall–Kier alpha value is -2.53. The fourth-order valence-corrected chi connectivity index (χ4v) is 4.39. The number of rotatable bonds is 5. The number of carboxylic acids is 1. The molecule has 148 valence electrons. The van der Waals surface area contributed by atoms with E-state index in [1.54, 1.807) is 0 Å². The van der Waals surface area contributed by atoms with E-state index in [4.69, 9.17) is 0 Å². The summed E-state index contributed by atoms with van der Waals surface area (Å²) in [6, 6.07) is 16.8. The first-order chi connectivity index (χ1) is 13.7. The second kappa shape index (κ2) is 8.23. The van der Waals surface area contributed by atoms with E-state index < -0.39 is 11.5 Å². The summed E-state index contributed by atoms with van der Waals surface area (Å²) in [6.07, 6.45) is 4.42. The fraction of sp³-hybridized carbons (Fsp3) is 0.435. The molecule has 0 radical (unpaired) electrons. The van der Waals surface area contributed by atoms with Crippen molar-refractivity contribution in [3.05, 3.63) is 48.5 Å². The lowest BCUT2D eigenvalue weighted by Gasteiger charge is -2.35. The monoisotopic (exact) mass is 379 g/mol. The normalized spacial score (nSPS) is 19.2. The molecule has 3 N–H and O–H groups in total. The minimum Gasteiger partial charge on any atom is -0.480 e. The zero-order valence-electron chi connectivity index (χ0n) is 16.3. The number of piperazine rings is 1. The molecular formula is C23H29N3O2. The molecule has 2 aliphatic rings. The lowest BCUT2D eigenvalue weighted by Crippen LogP contribution is -2.47. The van der Waals surface area contributed by atoms with Crippen molar-refractivity contribution in [1.29, 1.82) is 0 Å². The number of carboxylic acid groups (broad SMARTS) is 1. The first kappa shape index (κ1) is 18.8. The third kappa shape index (κ3) is 3.99. The maximum atomic E-state index is 12.0. The van der Waals surface area contributed by atoms with Crippen LogP contribution in [0.5, 0.6) is 0 Å². The largest absolute Gasteiger partial charge is 0.480 e. The molecular weight excluding hydrogens is 350 g/mol. The van der Waals surface area contributed by atoms with Gasteiger partial charge >= 0.3 is 5.97 Å². The standard InChI is InChI=1S/C23H29N3O2/c27-22(28)23(11-2-1-3-12-23)25-20-6-4-5-19(17-20)18-7-9-21(10-8-18)26-15-13-24-14-16-26/h4-10,17,24-25H,1-3,11-16H2,(H,27,28). The van der Waals surface area contributed by atoms with Crippen LogP contribution >= 0.6 is 0 Å². The topological polar surface area (TPSA) is 64.6 Å². The molecule has 2 aromatic rings. The van der Waals surface area contributed by atoms with Gasteiger partial charge in [0.2, 0.25) is 0 Å². The van der Waals surface area contributed by atoms with Crippen LogP contribution in [0.25, 0.3) is 11.1 Å². The van der Waals surface area contributed by atoms with Crippen molar-refractivity contribution in [3.8, 4) is 11.1 Å². The van der Waals surface area contributed by atoms with Crippen molar-refractivity contribution < 1.29 is 9.90 Å². The van der Waals surface area contributed by atoms with E-state index in [0.717, 1.165) is 62.3 Å². The van der Waals surface area contributed by atoms with Gasteiger partial charge in [-0.2, -0.15) is 0 Å². The van der Waals surface area contributed by atoms with Crippen molar-refractivity contribution in [2.75, 3.05) is 36.4 Å². The van der Waals surface area contributed by atoms with Crippen LogP contribution in [0.15, 0.2) is 48.5 Å². The summed E-state index contributed by atoms with van der Waals surface area (Å²) in [6.45, 7) is 4.13.